The third-order valence-electron chi connectivity index (χ3n) is 8.55. The van der Waals surface area contributed by atoms with Crippen LogP contribution in [0.25, 0.3) is 0 Å². The first-order chi connectivity index (χ1) is 21.3. The minimum atomic E-state index is -4.40. The van der Waals surface area contributed by atoms with E-state index in [0.717, 1.165) is 54.4 Å². The van der Waals surface area contributed by atoms with E-state index in [1.807, 2.05) is 38.1 Å². The van der Waals surface area contributed by atoms with Crippen LogP contribution in [0.15, 0.2) is 97.1 Å². The zero-order valence-corrected chi connectivity index (χ0v) is 27.5. The molecular formula is C35H38O8S2. The molecule has 0 aliphatic heterocycles. The summed E-state index contributed by atoms with van der Waals surface area (Å²) in [5.41, 5.74) is 3.53. The fraction of sp³-hybridized carbons (Fsp3) is 0.314. The highest BCUT2D eigenvalue weighted by molar-refractivity contribution is 7.86. The second-order valence-electron chi connectivity index (χ2n) is 11.9. The molecule has 0 unspecified atom stereocenters. The standard InChI is InChI=1S/C35H38O8S2/c1-34(2,26-8-18-31(19-9-26)41-44(4,36)37)27-10-20-32(21-11-27)42-45(38,39)43-33-22-14-29(15-23-33)35(24-6-5-7-25-35)28-12-16-30(40-3)17-13-28/h8-23H,5-7,24-25H2,1-4H3. The molecule has 238 valence electrons. The molecule has 0 N–H and O–H groups in total. The van der Waals surface area contributed by atoms with Crippen molar-refractivity contribution in [1.29, 1.82) is 0 Å². The van der Waals surface area contributed by atoms with Crippen molar-refractivity contribution in [3.8, 4) is 23.0 Å². The Morgan fingerprint density at radius 3 is 1.33 bits per heavy atom. The van der Waals surface area contributed by atoms with E-state index in [-0.39, 0.29) is 22.7 Å². The molecule has 0 aromatic heterocycles. The lowest BCUT2D eigenvalue weighted by Crippen LogP contribution is -2.30. The number of rotatable bonds is 11. The van der Waals surface area contributed by atoms with Gasteiger partial charge in [0, 0.05) is 10.8 Å². The minimum Gasteiger partial charge on any atom is -0.497 e. The lowest BCUT2D eigenvalue weighted by molar-refractivity contribution is 0.345. The quantitative estimate of drug-likeness (QED) is 0.156. The van der Waals surface area contributed by atoms with Gasteiger partial charge in [0.15, 0.2) is 0 Å². The van der Waals surface area contributed by atoms with Crippen molar-refractivity contribution in [2.24, 2.45) is 0 Å². The van der Waals surface area contributed by atoms with Crippen molar-refractivity contribution in [2.45, 2.75) is 56.8 Å². The van der Waals surface area contributed by atoms with E-state index >= 15 is 0 Å². The smallest absolute Gasteiger partial charge is 0.497 e. The molecule has 1 aliphatic rings. The maximum atomic E-state index is 12.8. The largest absolute Gasteiger partial charge is 0.500 e. The summed E-state index contributed by atoms with van der Waals surface area (Å²) < 4.78 is 69.3. The molecule has 0 spiro atoms. The van der Waals surface area contributed by atoms with E-state index in [1.54, 1.807) is 67.8 Å². The molecule has 0 bridgehead atoms. The Morgan fingerprint density at radius 2 is 0.933 bits per heavy atom. The van der Waals surface area contributed by atoms with E-state index in [1.165, 1.54) is 12.0 Å². The first kappa shape index (κ1) is 32.4. The van der Waals surface area contributed by atoms with Crippen molar-refractivity contribution in [1.82, 2.24) is 0 Å². The molecule has 0 atom stereocenters. The fourth-order valence-electron chi connectivity index (χ4n) is 6.09. The molecule has 8 nitrogen and oxygen atoms in total. The van der Waals surface area contributed by atoms with Gasteiger partial charge in [0.2, 0.25) is 0 Å². The van der Waals surface area contributed by atoms with Crippen LogP contribution in [-0.2, 0) is 31.3 Å². The van der Waals surface area contributed by atoms with E-state index in [9.17, 15) is 16.8 Å². The van der Waals surface area contributed by atoms with Gasteiger partial charge >= 0.3 is 20.5 Å². The lowest BCUT2D eigenvalue weighted by atomic mass is 9.65. The average Bonchev–Trinajstić information content (AvgIpc) is 3.01. The van der Waals surface area contributed by atoms with Gasteiger partial charge in [0.1, 0.15) is 23.0 Å². The molecule has 0 saturated heterocycles. The third-order valence-corrected chi connectivity index (χ3v) is 9.84. The Kier molecular flexibility index (Phi) is 9.19. The van der Waals surface area contributed by atoms with Gasteiger partial charge in [-0.1, -0.05) is 81.6 Å². The van der Waals surface area contributed by atoms with Gasteiger partial charge in [0.25, 0.3) is 0 Å². The van der Waals surface area contributed by atoms with Gasteiger partial charge in [0.05, 0.1) is 13.4 Å². The predicted octanol–water partition coefficient (Wildman–Crippen LogP) is 7.31. The third kappa shape index (κ3) is 7.62. The lowest BCUT2D eigenvalue weighted by Gasteiger charge is -2.38. The molecule has 5 rings (SSSR count). The molecule has 4 aromatic rings. The van der Waals surface area contributed by atoms with Crippen LogP contribution in [0, 0.1) is 0 Å². The van der Waals surface area contributed by atoms with Gasteiger partial charge in [-0.3, -0.25) is 0 Å². The van der Waals surface area contributed by atoms with Crippen LogP contribution in [0.4, 0.5) is 0 Å². The van der Waals surface area contributed by atoms with Crippen LogP contribution in [0.5, 0.6) is 23.0 Å². The van der Waals surface area contributed by atoms with Gasteiger partial charge in [-0.05, 0) is 83.6 Å². The van der Waals surface area contributed by atoms with Gasteiger partial charge in [-0.2, -0.15) is 8.42 Å². The van der Waals surface area contributed by atoms with Crippen molar-refractivity contribution in [3.63, 3.8) is 0 Å². The molecular weight excluding hydrogens is 613 g/mol. The summed E-state index contributed by atoms with van der Waals surface area (Å²) in [5, 5.41) is 0. The van der Waals surface area contributed by atoms with Crippen LogP contribution < -0.4 is 17.3 Å². The van der Waals surface area contributed by atoms with Gasteiger partial charge in [-0.25, -0.2) is 0 Å². The summed E-state index contributed by atoms with van der Waals surface area (Å²) in [6.07, 6.45) is 6.45. The van der Waals surface area contributed by atoms with E-state index in [2.05, 4.69) is 12.1 Å². The number of ether oxygens (including phenoxy) is 1. The monoisotopic (exact) mass is 650 g/mol. The Bertz CT molecular complexity index is 1810. The Hall–Kier alpha value is -4.02. The van der Waals surface area contributed by atoms with E-state index in [4.69, 9.17) is 17.3 Å². The normalized spacial score (nSPS) is 15.2. The maximum absolute atomic E-state index is 12.8. The van der Waals surface area contributed by atoms with Crippen molar-refractivity contribution in [2.75, 3.05) is 13.4 Å². The molecule has 10 heteroatoms. The molecule has 45 heavy (non-hydrogen) atoms. The molecule has 1 saturated carbocycles. The van der Waals surface area contributed by atoms with Crippen LogP contribution in [0.2, 0.25) is 0 Å². The van der Waals surface area contributed by atoms with E-state index < -0.39 is 25.9 Å². The minimum absolute atomic E-state index is 0.115. The zero-order valence-electron chi connectivity index (χ0n) is 25.9. The number of hydrogen-bond acceptors (Lipinski definition) is 8. The summed E-state index contributed by atoms with van der Waals surface area (Å²) in [7, 11) is -6.36. The zero-order chi connectivity index (χ0) is 32.3. The van der Waals surface area contributed by atoms with Crippen LogP contribution in [0.3, 0.4) is 0 Å². The number of hydrogen-bond donors (Lipinski definition) is 0. The van der Waals surface area contributed by atoms with Crippen molar-refractivity contribution >= 4 is 20.5 Å². The summed E-state index contributed by atoms with van der Waals surface area (Å²) >= 11 is 0. The first-order valence-electron chi connectivity index (χ1n) is 14.8. The summed E-state index contributed by atoms with van der Waals surface area (Å²) in [4.78, 5) is 0. The van der Waals surface area contributed by atoms with Crippen LogP contribution in [-0.4, -0.2) is 30.2 Å². The Balaban J connectivity index is 1.27. The van der Waals surface area contributed by atoms with Crippen LogP contribution >= 0.6 is 0 Å². The number of benzene rings is 4. The highest BCUT2D eigenvalue weighted by atomic mass is 32.3. The summed E-state index contributed by atoms with van der Waals surface area (Å²) in [6.45, 7) is 4.01. The Labute approximate surface area is 266 Å². The van der Waals surface area contributed by atoms with E-state index in [0.29, 0.717) is 0 Å². The van der Waals surface area contributed by atoms with Crippen LogP contribution in [0.1, 0.15) is 68.2 Å². The molecule has 0 radical (unpaired) electrons. The maximum Gasteiger partial charge on any atom is 0.500 e. The van der Waals surface area contributed by atoms with Crippen molar-refractivity contribution in [3.05, 3.63) is 119 Å². The second kappa shape index (κ2) is 12.8. The number of methoxy groups -OCH3 is 1. The topological polar surface area (TPSA) is 105 Å². The fourth-order valence-corrected chi connectivity index (χ4v) is 7.28. The van der Waals surface area contributed by atoms with Gasteiger partial charge < -0.3 is 17.3 Å². The molecule has 0 amide bonds. The van der Waals surface area contributed by atoms with Crippen molar-refractivity contribution < 1.29 is 34.1 Å². The SMILES string of the molecule is COc1ccc(C2(c3ccc(OS(=O)(=O)Oc4ccc(C(C)(C)c5ccc(OS(C)(=O)=O)cc5)cc4)cc3)CCCCC2)cc1. The Morgan fingerprint density at radius 1 is 0.556 bits per heavy atom. The molecule has 4 aromatic carbocycles. The average molecular weight is 651 g/mol. The molecule has 1 fully saturated rings. The molecule has 0 heterocycles. The first-order valence-corrected chi connectivity index (χ1v) is 17.9. The highest BCUT2D eigenvalue weighted by Crippen LogP contribution is 2.45. The molecule has 1 aliphatic carbocycles. The highest BCUT2D eigenvalue weighted by Gasteiger charge is 2.36. The second-order valence-corrected chi connectivity index (χ2v) is 14.7. The predicted molar refractivity (Wildman–Crippen MR) is 174 cm³/mol. The van der Waals surface area contributed by atoms with Gasteiger partial charge in [-0.15, -0.1) is 8.42 Å². The summed E-state index contributed by atoms with van der Waals surface area (Å²) in [6, 6.07) is 28.9. The summed E-state index contributed by atoms with van der Waals surface area (Å²) in [5.74, 6) is 1.32.